The maximum Gasteiger partial charge on any atom is 0.340 e. The first-order valence-electron chi connectivity index (χ1n) is 9.05. The minimum Gasteiger partial charge on any atom is -0.454 e. The molecule has 2 heterocycles. The van der Waals surface area contributed by atoms with Crippen LogP contribution in [-0.2, 0) is 17.9 Å². The number of aromatic nitrogens is 4. The summed E-state index contributed by atoms with van der Waals surface area (Å²) in [5.41, 5.74) is 0.713. The molecule has 1 aliphatic rings. The van der Waals surface area contributed by atoms with Gasteiger partial charge in [0.1, 0.15) is 0 Å². The molecule has 1 fully saturated rings. The largest absolute Gasteiger partial charge is 0.454 e. The number of hydrogen-bond acceptors (Lipinski definition) is 8. The SMILES string of the molecule is CCCCn1nnnc1COC(=O)c1cc([N+](=O)[O-])ccc1N1CCCC1. The third-order valence-electron chi connectivity index (χ3n) is 4.52. The fraction of sp³-hybridized carbons (Fsp3) is 0.529. The van der Waals surface area contributed by atoms with Crippen LogP contribution < -0.4 is 4.90 Å². The molecule has 10 nitrogen and oxygen atoms in total. The molecule has 1 saturated heterocycles. The van der Waals surface area contributed by atoms with Gasteiger partial charge >= 0.3 is 5.97 Å². The van der Waals surface area contributed by atoms with Crippen molar-refractivity contribution in [3.05, 3.63) is 39.7 Å². The number of ether oxygens (including phenoxy) is 1. The Bertz CT molecular complexity index is 816. The van der Waals surface area contributed by atoms with Crippen LogP contribution in [0.5, 0.6) is 0 Å². The second kappa shape index (κ2) is 8.56. The predicted molar refractivity (Wildman–Crippen MR) is 96.4 cm³/mol. The van der Waals surface area contributed by atoms with Crippen LogP contribution in [-0.4, -0.2) is 44.2 Å². The van der Waals surface area contributed by atoms with E-state index < -0.39 is 10.9 Å². The van der Waals surface area contributed by atoms with Gasteiger partial charge in [0, 0.05) is 31.8 Å². The van der Waals surface area contributed by atoms with E-state index in [4.69, 9.17) is 4.74 Å². The van der Waals surface area contributed by atoms with Crippen molar-refractivity contribution in [1.82, 2.24) is 20.2 Å². The highest BCUT2D eigenvalue weighted by Crippen LogP contribution is 2.29. The molecule has 1 aromatic heterocycles. The lowest BCUT2D eigenvalue weighted by atomic mass is 10.1. The Morgan fingerprint density at radius 3 is 2.81 bits per heavy atom. The number of benzene rings is 1. The molecule has 0 radical (unpaired) electrons. The van der Waals surface area contributed by atoms with E-state index in [1.807, 2.05) is 4.90 Å². The number of anilines is 1. The lowest BCUT2D eigenvalue weighted by Crippen LogP contribution is -2.21. The van der Waals surface area contributed by atoms with Crippen molar-refractivity contribution in [3.63, 3.8) is 0 Å². The molecule has 0 N–H and O–H groups in total. The monoisotopic (exact) mass is 374 g/mol. The van der Waals surface area contributed by atoms with Crippen molar-refractivity contribution in [2.45, 2.75) is 45.8 Å². The van der Waals surface area contributed by atoms with E-state index in [2.05, 4.69) is 22.4 Å². The zero-order valence-electron chi connectivity index (χ0n) is 15.2. The molecule has 0 aliphatic carbocycles. The summed E-state index contributed by atoms with van der Waals surface area (Å²) < 4.78 is 6.98. The van der Waals surface area contributed by atoms with Crippen molar-refractivity contribution in [1.29, 1.82) is 0 Å². The summed E-state index contributed by atoms with van der Waals surface area (Å²) in [6, 6.07) is 4.30. The minimum absolute atomic E-state index is 0.0856. The number of nitro groups is 1. The second-order valence-electron chi connectivity index (χ2n) is 6.40. The standard InChI is InChI=1S/C17H22N6O4/c1-2-3-10-22-16(18-19-20-22)12-27-17(24)14-11-13(23(25)26)6-7-15(14)21-8-4-5-9-21/h6-7,11H,2-5,8-10,12H2,1H3. The van der Waals surface area contributed by atoms with Crippen molar-refractivity contribution < 1.29 is 14.5 Å². The average molecular weight is 374 g/mol. The van der Waals surface area contributed by atoms with Gasteiger partial charge in [-0.25, -0.2) is 9.48 Å². The number of esters is 1. The van der Waals surface area contributed by atoms with Gasteiger partial charge in [-0.2, -0.15) is 0 Å². The Kier molecular flexibility index (Phi) is 5.94. The summed E-state index contributed by atoms with van der Waals surface area (Å²) in [5.74, 6) is -0.171. The zero-order valence-corrected chi connectivity index (χ0v) is 15.2. The zero-order chi connectivity index (χ0) is 19.2. The van der Waals surface area contributed by atoms with Gasteiger partial charge < -0.3 is 9.64 Å². The molecule has 0 spiro atoms. The molecule has 3 rings (SSSR count). The average Bonchev–Trinajstić information content (AvgIpc) is 3.35. The number of nitrogens with zero attached hydrogens (tertiary/aromatic N) is 6. The van der Waals surface area contributed by atoms with Crippen LogP contribution in [0, 0.1) is 10.1 Å². The maximum absolute atomic E-state index is 12.7. The van der Waals surface area contributed by atoms with Crippen molar-refractivity contribution in [3.8, 4) is 0 Å². The minimum atomic E-state index is -0.620. The molecular formula is C17H22N6O4. The maximum atomic E-state index is 12.7. The Hall–Kier alpha value is -3.04. The quantitative estimate of drug-likeness (QED) is 0.393. The third kappa shape index (κ3) is 4.39. The summed E-state index contributed by atoms with van der Waals surface area (Å²) >= 11 is 0. The summed E-state index contributed by atoms with van der Waals surface area (Å²) in [4.78, 5) is 25.3. The number of rotatable bonds is 8. The van der Waals surface area contributed by atoms with Crippen LogP contribution >= 0.6 is 0 Å². The fourth-order valence-corrected chi connectivity index (χ4v) is 3.05. The van der Waals surface area contributed by atoms with Gasteiger partial charge in [-0.05, 0) is 35.8 Å². The fourth-order valence-electron chi connectivity index (χ4n) is 3.05. The number of non-ortho nitro benzene ring substituents is 1. The molecule has 1 aliphatic heterocycles. The third-order valence-corrected chi connectivity index (χ3v) is 4.52. The van der Waals surface area contributed by atoms with Crippen LogP contribution in [0.1, 0.15) is 48.8 Å². The Morgan fingerprint density at radius 2 is 2.11 bits per heavy atom. The van der Waals surface area contributed by atoms with Crippen LogP contribution in [0.4, 0.5) is 11.4 Å². The van der Waals surface area contributed by atoms with Gasteiger partial charge in [0.2, 0.25) is 0 Å². The Morgan fingerprint density at radius 1 is 1.33 bits per heavy atom. The highest BCUT2D eigenvalue weighted by molar-refractivity contribution is 5.96. The smallest absolute Gasteiger partial charge is 0.340 e. The molecule has 0 saturated carbocycles. The lowest BCUT2D eigenvalue weighted by molar-refractivity contribution is -0.384. The van der Waals surface area contributed by atoms with Gasteiger partial charge in [0.05, 0.1) is 16.2 Å². The van der Waals surface area contributed by atoms with Crippen molar-refractivity contribution in [2.24, 2.45) is 0 Å². The van der Waals surface area contributed by atoms with Gasteiger partial charge in [0.25, 0.3) is 5.69 Å². The van der Waals surface area contributed by atoms with Crippen molar-refractivity contribution in [2.75, 3.05) is 18.0 Å². The molecule has 0 bridgehead atoms. The van der Waals surface area contributed by atoms with Gasteiger partial charge in [-0.1, -0.05) is 13.3 Å². The molecule has 144 valence electrons. The normalized spacial score (nSPS) is 13.7. The predicted octanol–water partition coefficient (Wildman–Crippen LogP) is 2.34. The van der Waals surface area contributed by atoms with E-state index in [1.165, 1.54) is 12.1 Å². The Labute approximate surface area is 156 Å². The first-order valence-corrected chi connectivity index (χ1v) is 9.05. The number of tetrazole rings is 1. The first kappa shape index (κ1) is 18.7. The molecule has 0 atom stereocenters. The van der Waals surface area contributed by atoms with E-state index in [9.17, 15) is 14.9 Å². The van der Waals surface area contributed by atoms with Gasteiger partial charge in [-0.3, -0.25) is 10.1 Å². The topological polar surface area (TPSA) is 116 Å². The van der Waals surface area contributed by atoms with Crippen LogP contribution in [0.2, 0.25) is 0 Å². The second-order valence-corrected chi connectivity index (χ2v) is 6.40. The highest BCUT2D eigenvalue weighted by Gasteiger charge is 2.24. The summed E-state index contributed by atoms with van der Waals surface area (Å²) in [6.45, 7) is 4.25. The lowest BCUT2D eigenvalue weighted by Gasteiger charge is -2.20. The van der Waals surface area contributed by atoms with Crippen molar-refractivity contribution >= 4 is 17.3 Å². The molecule has 27 heavy (non-hydrogen) atoms. The molecule has 2 aromatic rings. The number of carbonyl (C=O) groups is 1. The summed E-state index contributed by atoms with van der Waals surface area (Å²) in [6.07, 6.45) is 3.96. The summed E-state index contributed by atoms with van der Waals surface area (Å²) in [7, 11) is 0. The van der Waals surface area contributed by atoms with E-state index in [-0.39, 0.29) is 17.9 Å². The number of hydrogen-bond donors (Lipinski definition) is 0. The first-order chi connectivity index (χ1) is 13.1. The highest BCUT2D eigenvalue weighted by atomic mass is 16.6. The molecular weight excluding hydrogens is 352 g/mol. The molecule has 0 amide bonds. The van der Waals surface area contributed by atoms with Crippen LogP contribution in [0.3, 0.4) is 0 Å². The summed E-state index contributed by atoms with van der Waals surface area (Å²) in [5, 5.41) is 22.5. The van der Waals surface area contributed by atoms with Gasteiger partial charge in [0.15, 0.2) is 12.4 Å². The van der Waals surface area contributed by atoms with Crippen LogP contribution in [0.25, 0.3) is 0 Å². The number of aryl methyl sites for hydroxylation is 1. The number of nitro benzene ring substituents is 1. The molecule has 1 aromatic carbocycles. The number of unbranched alkanes of at least 4 members (excludes halogenated alkanes) is 1. The van der Waals surface area contributed by atoms with E-state index in [0.29, 0.717) is 18.1 Å². The van der Waals surface area contributed by atoms with Gasteiger partial charge in [-0.15, -0.1) is 5.10 Å². The van der Waals surface area contributed by atoms with Crippen LogP contribution in [0.15, 0.2) is 18.2 Å². The van der Waals surface area contributed by atoms with E-state index in [1.54, 1.807) is 10.7 Å². The Balaban J connectivity index is 1.77. The molecule has 10 heteroatoms. The van der Waals surface area contributed by atoms with E-state index in [0.717, 1.165) is 38.8 Å². The van der Waals surface area contributed by atoms with E-state index >= 15 is 0 Å². The number of carbonyl (C=O) groups excluding carboxylic acids is 1. The molecule has 0 unspecified atom stereocenters.